The van der Waals surface area contributed by atoms with E-state index >= 15 is 0 Å². The predicted octanol–water partition coefficient (Wildman–Crippen LogP) is 1.75. The lowest BCUT2D eigenvalue weighted by Gasteiger charge is -1.98. The molecule has 4 heteroatoms. The Morgan fingerprint density at radius 2 is 2.33 bits per heavy atom. The van der Waals surface area contributed by atoms with Crippen molar-refractivity contribution in [2.75, 3.05) is 6.26 Å². The second-order valence-corrected chi connectivity index (χ2v) is 3.09. The zero-order valence-electron chi connectivity index (χ0n) is 6.56. The quantitative estimate of drug-likeness (QED) is 0.622. The Hall–Kier alpha value is -1.16. The lowest BCUT2D eigenvalue weighted by Crippen LogP contribution is -1.88. The minimum atomic E-state index is 0.883. The highest BCUT2D eigenvalue weighted by Crippen LogP contribution is 2.19. The van der Waals surface area contributed by atoms with Crippen molar-refractivity contribution < 1.29 is 0 Å². The van der Waals surface area contributed by atoms with Crippen LogP contribution in [0.4, 0.5) is 0 Å². The summed E-state index contributed by atoms with van der Waals surface area (Å²) in [6.07, 6.45) is 5.46. The van der Waals surface area contributed by atoms with E-state index in [9.17, 15) is 0 Å². The van der Waals surface area contributed by atoms with Gasteiger partial charge in [-0.3, -0.25) is 4.98 Å². The number of thioether (sulfide) groups is 1. The van der Waals surface area contributed by atoms with Gasteiger partial charge < -0.3 is 0 Å². The fourth-order valence-corrected chi connectivity index (χ4v) is 1.52. The second-order valence-electron chi connectivity index (χ2n) is 2.30. The third-order valence-electron chi connectivity index (χ3n) is 1.58. The lowest BCUT2D eigenvalue weighted by molar-refractivity contribution is 0.948. The van der Waals surface area contributed by atoms with Crippen molar-refractivity contribution in [3.8, 4) is 0 Å². The van der Waals surface area contributed by atoms with Crippen molar-refractivity contribution in [1.29, 1.82) is 0 Å². The van der Waals surface area contributed by atoms with E-state index in [1.807, 2.05) is 18.4 Å². The van der Waals surface area contributed by atoms with Crippen LogP contribution in [0, 0.1) is 0 Å². The highest BCUT2D eigenvalue weighted by molar-refractivity contribution is 7.98. The highest BCUT2D eigenvalue weighted by atomic mass is 32.2. The van der Waals surface area contributed by atoms with Gasteiger partial charge in [-0.2, -0.15) is 5.10 Å². The zero-order valence-corrected chi connectivity index (χ0v) is 7.38. The smallest absolute Gasteiger partial charge is 0.145 e. The first-order valence-corrected chi connectivity index (χ1v) is 4.74. The molecular formula is C8H7N3S. The summed E-state index contributed by atoms with van der Waals surface area (Å²) >= 11 is 1.56. The van der Waals surface area contributed by atoms with Gasteiger partial charge in [-0.1, -0.05) is 0 Å². The summed E-state index contributed by atoms with van der Waals surface area (Å²) in [5, 5.41) is 9.77. The molecule has 0 aliphatic carbocycles. The molecule has 3 nitrogen and oxygen atoms in total. The van der Waals surface area contributed by atoms with Gasteiger partial charge in [0.2, 0.25) is 0 Å². The molecule has 0 amide bonds. The summed E-state index contributed by atoms with van der Waals surface area (Å²) in [5.41, 5.74) is 0.931. The largest absolute Gasteiger partial charge is 0.253 e. The summed E-state index contributed by atoms with van der Waals surface area (Å²) in [5.74, 6) is 0. The van der Waals surface area contributed by atoms with Crippen LogP contribution in [0.15, 0.2) is 29.6 Å². The van der Waals surface area contributed by atoms with Crippen LogP contribution in [0.2, 0.25) is 0 Å². The van der Waals surface area contributed by atoms with Crippen LogP contribution in [-0.4, -0.2) is 21.4 Å². The van der Waals surface area contributed by atoms with Crippen molar-refractivity contribution in [3.63, 3.8) is 0 Å². The fourth-order valence-electron chi connectivity index (χ4n) is 1.03. The summed E-state index contributed by atoms with van der Waals surface area (Å²) < 4.78 is 0. The Morgan fingerprint density at radius 3 is 3.17 bits per heavy atom. The first-order valence-electron chi connectivity index (χ1n) is 3.52. The van der Waals surface area contributed by atoms with Gasteiger partial charge in [0.25, 0.3) is 0 Å². The Morgan fingerprint density at radius 1 is 1.42 bits per heavy atom. The molecule has 2 aromatic rings. The third kappa shape index (κ3) is 1.14. The summed E-state index contributed by atoms with van der Waals surface area (Å²) in [4.78, 5) is 4.23. The Bertz CT molecular complexity index is 397. The maximum absolute atomic E-state index is 4.23. The standard InChI is InChI=1S/C8H7N3S/c1-12-8-7-6(5-10-11-8)3-2-4-9-7/h2-5H,1H3. The number of pyridine rings is 1. The van der Waals surface area contributed by atoms with E-state index in [1.54, 1.807) is 24.2 Å². The van der Waals surface area contributed by atoms with Crippen LogP contribution in [-0.2, 0) is 0 Å². The number of hydrogen-bond donors (Lipinski definition) is 0. The Balaban J connectivity index is 2.79. The summed E-state index contributed by atoms with van der Waals surface area (Å²) in [6, 6.07) is 3.88. The molecule has 0 radical (unpaired) electrons. The van der Waals surface area contributed by atoms with Crippen molar-refractivity contribution in [1.82, 2.24) is 15.2 Å². The molecule has 0 aromatic carbocycles. The van der Waals surface area contributed by atoms with Crippen LogP contribution < -0.4 is 0 Å². The molecule has 0 fully saturated rings. The summed E-state index contributed by atoms with van der Waals surface area (Å²) in [6.45, 7) is 0. The molecule has 0 N–H and O–H groups in total. The lowest BCUT2D eigenvalue weighted by atomic mass is 10.3. The first-order chi connectivity index (χ1) is 5.92. The van der Waals surface area contributed by atoms with Gasteiger partial charge in [0.15, 0.2) is 0 Å². The normalized spacial score (nSPS) is 10.4. The maximum atomic E-state index is 4.23. The van der Waals surface area contributed by atoms with E-state index < -0.39 is 0 Å². The molecule has 0 aliphatic rings. The van der Waals surface area contributed by atoms with Crippen molar-refractivity contribution >= 4 is 22.7 Å². The molecule has 2 rings (SSSR count). The Kier molecular flexibility index (Phi) is 1.91. The van der Waals surface area contributed by atoms with Crippen molar-refractivity contribution in [2.24, 2.45) is 0 Å². The van der Waals surface area contributed by atoms with Gasteiger partial charge in [0.1, 0.15) is 10.5 Å². The number of nitrogens with zero attached hydrogens (tertiary/aromatic N) is 3. The monoisotopic (exact) mass is 177 g/mol. The third-order valence-corrected chi connectivity index (χ3v) is 2.24. The van der Waals surface area contributed by atoms with Crippen molar-refractivity contribution in [2.45, 2.75) is 5.03 Å². The fraction of sp³-hybridized carbons (Fsp3) is 0.125. The molecule has 2 aromatic heterocycles. The van der Waals surface area contributed by atoms with Crippen LogP contribution in [0.25, 0.3) is 10.9 Å². The second kappa shape index (κ2) is 3.06. The highest BCUT2D eigenvalue weighted by Gasteiger charge is 2.00. The van der Waals surface area contributed by atoms with Crippen LogP contribution in [0.5, 0.6) is 0 Å². The van der Waals surface area contributed by atoms with E-state index in [-0.39, 0.29) is 0 Å². The van der Waals surface area contributed by atoms with E-state index in [2.05, 4.69) is 15.2 Å². The van der Waals surface area contributed by atoms with Gasteiger partial charge >= 0.3 is 0 Å². The maximum Gasteiger partial charge on any atom is 0.145 e. The van der Waals surface area contributed by atoms with Crippen LogP contribution in [0.3, 0.4) is 0 Å². The van der Waals surface area contributed by atoms with Crippen LogP contribution in [0.1, 0.15) is 0 Å². The molecular weight excluding hydrogens is 170 g/mol. The van der Waals surface area contributed by atoms with E-state index in [1.165, 1.54) is 0 Å². The molecule has 0 saturated carbocycles. The average molecular weight is 177 g/mol. The van der Waals surface area contributed by atoms with Gasteiger partial charge in [0.05, 0.1) is 6.20 Å². The van der Waals surface area contributed by atoms with E-state index in [0.717, 1.165) is 15.9 Å². The minimum absolute atomic E-state index is 0.883. The van der Waals surface area contributed by atoms with Crippen LogP contribution >= 0.6 is 11.8 Å². The molecule has 2 heterocycles. The topological polar surface area (TPSA) is 38.7 Å². The van der Waals surface area contributed by atoms with Gasteiger partial charge in [-0.25, -0.2) is 0 Å². The number of rotatable bonds is 1. The predicted molar refractivity (Wildman–Crippen MR) is 49.1 cm³/mol. The number of hydrogen-bond acceptors (Lipinski definition) is 4. The Labute approximate surface area is 74.2 Å². The molecule has 0 atom stereocenters. The molecule has 0 aliphatic heterocycles. The van der Waals surface area contributed by atoms with Gasteiger partial charge in [0, 0.05) is 11.6 Å². The summed E-state index contributed by atoms with van der Waals surface area (Å²) in [7, 11) is 0. The van der Waals surface area contributed by atoms with E-state index in [0.29, 0.717) is 0 Å². The zero-order chi connectivity index (χ0) is 8.39. The molecule has 0 saturated heterocycles. The molecule has 0 spiro atoms. The van der Waals surface area contributed by atoms with E-state index in [4.69, 9.17) is 0 Å². The molecule has 0 unspecified atom stereocenters. The molecule has 0 bridgehead atoms. The van der Waals surface area contributed by atoms with Crippen molar-refractivity contribution in [3.05, 3.63) is 24.5 Å². The number of aromatic nitrogens is 3. The van der Waals surface area contributed by atoms with Gasteiger partial charge in [-0.15, -0.1) is 16.9 Å². The number of fused-ring (bicyclic) bond motifs is 1. The average Bonchev–Trinajstić information content (AvgIpc) is 2.17. The molecule has 12 heavy (non-hydrogen) atoms. The molecule has 60 valence electrons. The van der Waals surface area contributed by atoms with Gasteiger partial charge in [-0.05, 0) is 18.4 Å². The SMILES string of the molecule is CSc1nncc2cccnc12. The first kappa shape index (κ1) is 7.49. The minimum Gasteiger partial charge on any atom is -0.253 e.